The summed E-state index contributed by atoms with van der Waals surface area (Å²) in [6.07, 6.45) is 3.20. The van der Waals surface area contributed by atoms with Crippen molar-refractivity contribution in [2.45, 2.75) is 82.0 Å². The SMILES string of the molecule is COC1CC2(C(=O)OC3C4CC5C3OC(=O)C5C4C(=O)Oc3c(C(C)C)cc(SC)cc3C(C)C)CC12. The molecule has 9 atom stereocenters. The number of ether oxygens (including phenoxy) is 4. The van der Waals surface area contributed by atoms with Gasteiger partial charge in [0.25, 0.3) is 0 Å². The Morgan fingerprint density at radius 2 is 1.76 bits per heavy atom. The fourth-order valence-corrected chi connectivity index (χ4v) is 8.07. The van der Waals surface area contributed by atoms with Crippen molar-refractivity contribution in [1.82, 2.24) is 0 Å². The summed E-state index contributed by atoms with van der Waals surface area (Å²) in [5.74, 6) is -1.45. The highest BCUT2D eigenvalue weighted by atomic mass is 32.2. The molecule has 5 aliphatic rings. The van der Waals surface area contributed by atoms with Gasteiger partial charge in [0.2, 0.25) is 0 Å². The molecule has 1 heterocycles. The molecule has 5 fully saturated rings. The average molecular weight is 529 g/mol. The van der Waals surface area contributed by atoms with Crippen LogP contribution in [0.4, 0.5) is 0 Å². The Bertz CT molecular complexity index is 1130. The molecule has 2 bridgehead atoms. The normalized spacial score (nSPS) is 38.4. The van der Waals surface area contributed by atoms with Gasteiger partial charge in [0.1, 0.15) is 18.0 Å². The molecule has 0 aromatic heterocycles. The fourth-order valence-electron chi connectivity index (χ4n) is 7.58. The van der Waals surface area contributed by atoms with E-state index in [2.05, 4.69) is 39.8 Å². The number of fused-ring (bicyclic) bond motifs is 2. The standard InChI is InChI=1S/C29H36O7S/c1-12(2)15-7-14(37-6)8-16(13(3)4)23(15)34-26(30)22-18-9-17-21(22)27(31)35-24(17)25(18)36-28(32)29-10-19(29)20(11-29)33-5/h7-8,12-13,17-22,24-25H,9-11H2,1-6H3. The molecular formula is C29H36O7S. The Labute approximate surface area is 222 Å². The summed E-state index contributed by atoms with van der Waals surface area (Å²) in [5, 5.41) is 0. The van der Waals surface area contributed by atoms with Crippen LogP contribution in [0.2, 0.25) is 0 Å². The first-order valence-corrected chi connectivity index (χ1v) is 14.7. The van der Waals surface area contributed by atoms with Gasteiger partial charge < -0.3 is 18.9 Å². The number of thioether (sulfide) groups is 1. The van der Waals surface area contributed by atoms with Crippen LogP contribution < -0.4 is 4.74 Å². The molecule has 1 aromatic rings. The Balaban J connectivity index is 1.26. The summed E-state index contributed by atoms with van der Waals surface area (Å²) < 4.78 is 23.4. The van der Waals surface area contributed by atoms with Gasteiger partial charge in [-0.15, -0.1) is 11.8 Å². The minimum absolute atomic E-state index is 0.110. The molecule has 0 radical (unpaired) electrons. The van der Waals surface area contributed by atoms with Gasteiger partial charge in [-0.25, -0.2) is 0 Å². The van der Waals surface area contributed by atoms with Crippen LogP contribution in [0.1, 0.15) is 69.9 Å². The lowest BCUT2D eigenvalue weighted by Crippen LogP contribution is -2.47. The summed E-state index contributed by atoms with van der Waals surface area (Å²) in [7, 11) is 1.67. The van der Waals surface area contributed by atoms with Gasteiger partial charge in [0.05, 0.1) is 23.4 Å². The zero-order valence-electron chi connectivity index (χ0n) is 22.3. The highest BCUT2D eigenvalue weighted by Gasteiger charge is 2.75. The van der Waals surface area contributed by atoms with Crippen LogP contribution in [-0.4, -0.2) is 49.6 Å². The van der Waals surface area contributed by atoms with Crippen molar-refractivity contribution in [2.75, 3.05) is 13.4 Å². The fraction of sp³-hybridized carbons (Fsp3) is 0.690. The smallest absolute Gasteiger partial charge is 0.315 e. The van der Waals surface area contributed by atoms with E-state index in [1.807, 2.05) is 6.26 Å². The molecule has 9 unspecified atom stereocenters. The maximum Gasteiger partial charge on any atom is 0.315 e. The molecule has 8 heteroatoms. The summed E-state index contributed by atoms with van der Waals surface area (Å²) in [6, 6.07) is 4.18. The van der Waals surface area contributed by atoms with Crippen molar-refractivity contribution in [3.05, 3.63) is 23.3 Å². The second-order valence-corrected chi connectivity index (χ2v) is 13.1. The molecule has 6 rings (SSSR count). The summed E-state index contributed by atoms with van der Waals surface area (Å²) in [6.45, 7) is 8.36. The number of rotatable bonds is 8. The molecule has 4 saturated carbocycles. The minimum Gasteiger partial charge on any atom is -0.458 e. The van der Waals surface area contributed by atoms with Crippen molar-refractivity contribution in [2.24, 2.45) is 35.0 Å². The molecule has 37 heavy (non-hydrogen) atoms. The molecule has 0 spiro atoms. The van der Waals surface area contributed by atoms with E-state index in [0.29, 0.717) is 18.6 Å². The van der Waals surface area contributed by atoms with Gasteiger partial charge in [-0.1, -0.05) is 27.7 Å². The van der Waals surface area contributed by atoms with Crippen LogP contribution in [0.15, 0.2) is 17.0 Å². The number of carbonyl (C=O) groups excluding carboxylic acids is 3. The van der Waals surface area contributed by atoms with Crippen molar-refractivity contribution in [3.63, 3.8) is 0 Å². The number of carbonyl (C=O) groups is 3. The number of hydrogen-bond acceptors (Lipinski definition) is 8. The van der Waals surface area contributed by atoms with Gasteiger partial charge in [-0.2, -0.15) is 0 Å². The van der Waals surface area contributed by atoms with E-state index in [1.165, 1.54) is 0 Å². The number of benzene rings is 1. The predicted octanol–water partition coefficient (Wildman–Crippen LogP) is 4.71. The van der Waals surface area contributed by atoms with Crippen LogP contribution >= 0.6 is 11.8 Å². The van der Waals surface area contributed by atoms with Crippen molar-refractivity contribution >= 4 is 29.7 Å². The molecule has 1 aliphatic heterocycles. The molecule has 0 N–H and O–H groups in total. The summed E-state index contributed by atoms with van der Waals surface area (Å²) in [4.78, 5) is 41.0. The number of methoxy groups -OCH3 is 1. The van der Waals surface area contributed by atoms with Gasteiger partial charge in [0.15, 0.2) is 0 Å². The topological polar surface area (TPSA) is 88.1 Å². The van der Waals surface area contributed by atoms with E-state index in [0.717, 1.165) is 22.4 Å². The second kappa shape index (κ2) is 8.73. The van der Waals surface area contributed by atoms with E-state index in [1.54, 1.807) is 18.9 Å². The zero-order valence-corrected chi connectivity index (χ0v) is 23.1. The second-order valence-electron chi connectivity index (χ2n) is 12.2. The molecular weight excluding hydrogens is 492 g/mol. The quantitative estimate of drug-likeness (QED) is 0.273. The Morgan fingerprint density at radius 1 is 1.08 bits per heavy atom. The first-order chi connectivity index (χ1) is 17.6. The first-order valence-electron chi connectivity index (χ1n) is 13.5. The molecule has 7 nitrogen and oxygen atoms in total. The Morgan fingerprint density at radius 3 is 2.32 bits per heavy atom. The lowest BCUT2D eigenvalue weighted by atomic mass is 9.78. The lowest BCUT2D eigenvalue weighted by molar-refractivity contribution is -0.176. The zero-order chi connectivity index (χ0) is 26.4. The third-order valence-electron chi connectivity index (χ3n) is 9.72. The van der Waals surface area contributed by atoms with E-state index < -0.39 is 35.4 Å². The predicted molar refractivity (Wildman–Crippen MR) is 136 cm³/mol. The lowest BCUT2D eigenvalue weighted by Gasteiger charge is -2.35. The first kappa shape index (κ1) is 25.2. The van der Waals surface area contributed by atoms with E-state index in [9.17, 15) is 14.4 Å². The molecule has 1 saturated heterocycles. The minimum atomic E-state index is -0.671. The third-order valence-corrected chi connectivity index (χ3v) is 10.4. The maximum atomic E-state index is 13.8. The Kier molecular flexibility index (Phi) is 5.95. The van der Waals surface area contributed by atoms with Crippen LogP contribution in [0, 0.1) is 35.0 Å². The van der Waals surface area contributed by atoms with Gasteiger partial charge in [0, 0.05) is 29.8 Å². The Hall–Kier alpha value is -2.06. The summed E-state index contributed by atoms with van der Waals surface area (Å²) >= 11 is 1.67. The summed E-state index contributed by atoms with van der Waals surface area (Å²) in [5.41, 5.74) is 1.52. The van der Waals surface area contributed by atoms with Crippen molar-refractivity contribution < 1.29 is 33.3 Å². The van der Waals surface area contributed by atoms with Crippen LogP contribution in [0.25, 0.3) is 0 Å². The molecule has 200 valence electrons. The number of esters is 3. The van der Waals surface area contributed by atoms with Gasteiger partial charge >= 0.3 is 17.9 Å². The van der Waals surface area contributed by atoms with E-state index in [4.69, 9.17) is 18.9 Å². The van der Waals surface area contributed by atoms with Gasteiger partial charge in [-0.05, 0) is 60.6 Å². The van der Waals surface area contributed by atoms with Crippen LogP contribution in [-0.2, 0) is 28.6 Å². The van der Waals surface area contributed by atoms with Crippen LogP contribution in [0.3, 0.4) is 0 Å². The highest BCUT2D eigenvalue weighted by Crippen LogP contribution is 2.69. The molecule has 1 aromatic carbocycles. The average Bonchev–Trinajstić information content (AvgIpc) is 3.11. The maximum absolute atomic E-state index is 13.8. The highest BCUT2D eigenvalue weighted by molar-refractivity contribution is 7.98. The van der Waals surface area contributed by atoms with Crippen LogP contribution in [0.5, 0.6) is 5.75 Å². The van der Waals surface area contributed by atoms with Gasteiger partial charge in [-0.3, -0.25) is 14.4 Å². The molecule has 4 aliphatic carbocycles. The van der Waals surface area contributed by atoms with E-state index >= 15 is 0 Å². The third kappa shape index (κ3) is 3.61. The largest absolute Gasteiger partial charge is 0.458 e. The van der Waals surface area contributed by atoms with Crippen molar-refractivity contribution in [1.29, 1.82) is 0 Å². The molecule has 0 amide bonds. The van der Waals surface area contributed by atoms with E-state index in [-0.39, 0.29) is 47.6 Å². The monoisotopic (exact) mass is 528 g/mol. The van der Waals surface area contributed by atoms with Crippen molar-refractivity contribution in [3.8, 4) is 5.75 Å². The number of hydrogen-bond donors (Lipinski definition) is 0.